The summed E-state index contributed by atoms with van der Waals surface area (Å²) in [6, 6.07) is 13.9. The topological polar surface area (TPSA) is 80.9 Å². The molecule has 0 aliphatic heterocycles. The van der Waals surface area contributed by atoms with Gasteiger partial charge in [0, 0.05) is 11.3 Å². The van der Waals surface area contributed by atoms with Gasteiger partial charge in [0.15, 0.2) is 0 Å². The third-order valence-corrected chi connectivity index (χ3v) is 4.65. The molecule has 0 bridgehead atoms. The van der Waals surface area contributed by atoms with Crippen LogP contribution in [0.5, 0.6) is 11.5 Å². The highest BCUT2D eigenvalue weighted by atomic mass is 79.9. The van der Waals surface area contributed by atoms with Gasteiger partial charge in [0.2, 0.25) is 0 Å². The zero-order chi connectivity index (χ0) is 20.1. The summed E-state index contributed by atoms with van der Waals surface area (Å²) in [5.74, 6) is 2.02. The highest BCUT2D eigenvalue weighted by molar-refractivity contribution is 9.10. The van der Waals surface area contributed by atoms with Crippen LogP contribution >= 0.6 is 15.9 Å². The average Bonchev–Trinajstić information content (AvgIpc) is 3.18. The molecule has 0 fully saturated rings. The van der Waals surface area contributed by atoms with Crippen molar-refractivity contribution in [2.75, 3.05) is 19.0 Å². The van der Waals surface area contributed by atoms with E-state index in [9.17, 15) is 9.90 Å². The van der Waals surface area contributed by atoms with Crippen molar-refractivity contribution in [1.82, 2.24) is 0 Å². The van der Waals surface area contributed by atoms with E-state index in [4.69, 9.17) is 13.9 Å². The number of amides is 1. The van der Waals surface area contributed by atoms with Gasteiger partial charge in [0.25, 0.3) is 5.91 Å². The molecule has 0 spiro atoms. The monoisotopic (exact) mass is 445 g/mol. The molecule has 1 heterocycles. The Morgan fingerprint density at radius 3 is 2.57 bits per heavy atom. The van der Waals surface area contributed by atoms with Crippen LogP contribution in [0.1, 0.15) is 23.0 Å². The first-order valence-electron chi connectivity index (χ1n) is 8.67. The maximum atomic E-state index is 12.6. The molecule has 2 aromatic carbocycles. The van der Waals surface area contributed by atoms with Gasteiger partial charge < -0.3 is 24.3 Å². The Balaban J connectivity index is 1.85. The van der Waals surface area contributed by atoms with Crippen molar-refractivity contribution in [2.24, 2.45) is 0 Å². The summed E-state index contributed by atoms with van der Waals surface area (Å²) in [5.41, 5.74) is 1.76. The van der Waals surface area contributed by atoms with Gasteiger partial charge >= 0.3 is 0 Å². The van der Waals surface area contributed by atoms with E-state index in [0.717, 1.165) is 0 Å². The van der Waals surface area contributed by atoms with E-state index < -0.39 is 0 Å². The third-order valence-electron chi connectivity index (χ3n) is 4.03. The van der Waals surface area contributed by atoms with Crippen molar-refractivity contribution in [3.05, 3.63) is 64.3 Å². The van der Waals surface area contributed by atoms with Crippen molar-refractivity contribution >= 4 is 27.5 Å². The van der Waals surface area contributed by atoms with Gasteiger partial charge in [0.05, 0.1) is 23.8 Å². The maximum Gasteiger partial charge on any atom is 0.255 e. The number of hydrogen-bond acceptors (Lipinski definition) is 5. The van der Waals surface area contributed by atoms with E-state index in [-0.39, 0.29) is 12.5 Å². The average molecular weight is 446 g/mol. The molecule has 0 saturated carbocycles. The molecule has 0 aliphatic carbocycles. The number of nitrogens with one attached hydrogen (secondary N) is 1. The third kappa shape index (κ3) is 4.37. The highest BCUT2D eigenvalue weighted by Gasteiger charge is 2.14. The fourth-order valence-electron chi connectivity index (χ4n) is 2.70. The van der Waals surface area contributed by atoms with Gasteiger partial charge in [-0.2, -0.15) is 0 Å². The lowest BCUT2D eigenvalue weighted by Gasteiger charge is -2.11. The molecule has 1 amide bonds. The number of carbonyl (C=O) groups is 1. The van der Waals surface area contributed by atoms with E-state index in [2.05, 4.69) is 21.2 Å². The molecule has 3 aromatic rings. The summed E-state index contributed by atoms with van der Waals surface area (Å²) >= 11 is 3.42. The van der Waals surface area contributed by atoms with Crippen molar-refractivity contribution < 1.29 is 23.8 Å². The number of rotatable bonds is 7. The summed E-state index contributed by atoms with van der Waals surface area (Å²) in [4.78, 5) is 12.6. The minimum absolute atomic E-state index is 0.189. The molecule has 28 heavy (non-hydrogen) atoms. The number of anilines is 1. The molecular formula is C21H20BrNO5. The Labute approximate surface area is 171 Å². The fraction of sp³-hybridized carbons (Fsp3) is 0.190. The molecule has 3 rings (SSSR count). The molecular weight excluding hydrogens is 426 g/mol. The predicted octanol–water partition coefficient (Wildman–Crippen LogP) is 4.86. The van der Waals surface area contributed by atoms with Crippen LogP contribution < -0.4 is 14.8 Å². The largest absolute Gasteiger partial charge is 0.496 e. The van der Waals surface area contributed by atoms with Gasteiger partial charge in [-0.25, -0.2) is 0 Å². The lowest BCUT2D eigenvalue weighted by atomic mass is 10.1. The van der Waals surface area contributed by atoms with Gasteiger partial charge in [0.1, 0.15) is 29.6 Å². The molecule has 2 N–H and O–H groups in total. The van der Waals surface area contributed by atoms with Crippen LogP contribution in [0, 0.1) is 0 Å². The van der Waals surface area contributed by atoms with Gasteiger partial charge in [-0.05, 0) is 71.4 Å². The Hall–Kier alpha value is -2.77. The van der Waals surface area contributed by atoms with Crippen LogP contribution in [0.15, 0.2) is 57.4 Å². The minimum atomic E-state index is -0.254. The van der Waals surface area contributed by atoms with Crippen molar-refractivity contribution in [2.45, 2.75) is 13.5 Å². The first-order valence-corrected chi connectivity index (χ1v) is 9.46. The Bertz CT molecular complexity index is 983. The number of aliphatic hydroxyl groups excluding tert-OH is 1. The van der Waals surface area contributed by atoms with Crippen LogP contribution in [0.2, 0.25) is 0 Å². The van der Waals surface area contributed by atoms with Gasteiger partial charge in [-0.3, -0.25) is 4.79 Å². The first-order chi connectivity index (χ1) is 13.5. The van der Waals surface area contributed by atoms with Crippen LogP contribution in [-0.4, -0.2) is 24.7 Å². The second-order valence-corrected chi connectivity index (χ2v) is 6.73. The Morgan fingerprint density at radius 1 is 1.14 bits per heavy atom. The highest BCUT2D eigenvalue weighted by Crippen LogP contribution is 2.34. The van der Waals surface area contributed by atoms with Crippen LogP contribution in [0.3, 0.4) is 0 Å². The number of benzene rings is 2. The predicted molar refractivity (Wildman–Crippen MR) is 110 cm³/mol. The maximum absolute atomic E-state index is 12.6. The van der Waals surface area contributed by atoms with E-state index >= 15 is 0 Å². The van der Waals surface area contributed by atoms with Gasteiger partial charge in [-0.15, -0.1) is 0 Å². The quantitative estimate of drug-likeness (QED) is 0.542. The van der Waals surface area contributed by atoms with Crippen LogP contribution in [0.25, 0.3) is 11.3 Å². The molecule has 1 aromatic heterocycles. The number of halogens is 1. The second-order valence-electron chi connectivity index (χ2n) is 5.87. The molecule has 7 heteroatoms. The van der Waals surface area contributed by atoms with E-state index in [1.54, 1.807) is 55.6 Å². The van der Waals surface area contributed by atoms with E-state index in [0.29, 0.717) is 50.9 Å². The number of hydrogen-bond donors (Lipinski definition) is 2. The summed E-state index contributed by atoms with van der Waals surface area (Å²) < 4.78 is 17.2. The van der Waals surface area contributed by atoms with Gasteiger partial charge in [-0.1, -0.05) is 0 Å². The smallest absolute Gasteiger partial charge is 0.255 e. The zero-order valence-electron chi connectivity index (χ0n) is 15.5. The summed E-state index contributed by atoms with van der Waals surface area (Å²) in [7, 11) is 1.56. The molecule has 6 nitrogen and oxygen atoms in total. The van der Waals surface area contributed by atoms with Crippen LogP contribution in [-0.2, 0) is 6.61 Å². The summed E-state index contributed by atoms with van der Waals surface area (Å²) in [6.07, 6.45) is 0. The summed E-state index contributed by atoms with van der Waals surface area (Å²) in [6.45, 7) is 2.26. The molecule has 0 unspecified atom stereocenters. The molecule has 0 aliphatic rings. The Kier molecular flexibility index (Phi) is 6.38. The minimum Gasteiger partial charge on any atom is -0.496 e. The number of methoxy groups -OCH3 is 1. The number of carbonyl (C=O) groups excluding carboxylic acids is 1. The fourth-order valence-corrected chi connectivity index (χ4v) is 3.20. The summed E-state index contributed by atoms with van der Waals surface area (Å²) in [5, 5.41) is 12.1. The van der Waals surface area contributed by atoms with E-state index in [1.165, 1.54) is 0 Å². The first kappa shape index (κ1) is 20.0. The number of aliphatic hydroxyl groups is 1. The SMILES string of the molecule is CCOc1ccc(C(=O)Nc2ccc(OC)c(-c3ccc(CO)o3)c2)cc1Br. The van der Waals surface area contributed by atoms with Crippen molar-refractivity contribution in [1.29, 1.82) is 0 Å². The number of furan rings is 1. The molecule has 0 saturated heterocycles. The van der Waals surface area contributed by atoms with Crippen molar-refractivity contribution in [3.63, 3.8) is 0 Å². The molecule has 0 radical (unpaired) electrons. The molecule has 0 atom stereocenters. The molecule has 146 valence electrons. The second kappa shape index (κ2) is 8.95. The lowest BCUT2D eigenvalue weighted by molar-refractivity contribution is 0.102. The van der Waals surface area contributed by atoms with E-state index in [1.807, 2.05) is 6.92 Å². The number of ether oxygens (including phenoxy) is 2. The zero-order valence-corrected chi connectivity index (χ0v) is 17.1. The normalized spacial score (nSPS) is 10.6. The van der Waals surface area contributed by atoms with Crippen molar-refractivity contribution in [3.8, 4) is 22.8 Å². The van der Waals surface area contributed by atoms with Crippen LogP contribution in [0.4, 0.5) is 5.69 Å². The lowest BCUT2D eigenvalue weighted by Crippen LogP contribution is -2.12. The standard InChI is InChI=1S/C21H20BrNO5/c1-3-27-20-7-4-13(10-17(20)22)21(25)23-14-5-8-18(26-2)16(11-14)19-9-6-15(12-24)28-19/h4-11,24H,3,12H2,1-2H3,(H,23,25). The Morgan fingerprint density at radius 2 is 1.93 bits per heavy atom.